The molecular weight excluding hydrogens is 224 g/mol. The lowest BCUT2D eigenvalue weighted by Gasteiger charge is -2.19. The molecule has 2 heteroatoms. The van der Waals surface area contributed by atoms with E-state index < -0.39 is 0 Å². The van der Waals surface area contributed by atoms with Gasteiger partial charge in [0, 0.05) is 16.5 Å². The molecule has 2 aromatic carbocycles. The second-order valence-corrected chi connectivity index (χ2v) is 4.48. The van der Waals surface area contributed by atoms with Gasteiger partial charge < -0.3 is 9.47 Å². The third-order valence-corrected chi connectivity index (χ3v) is 3.42. The summed E-state index contributed by atoms with van der Waals surface area (Å²) in [7, 11) is 0. The molecule has 18 heavy (non-hydrogen) atoms. The van der Waals surface area contributed by atoms with Crippen molar-refractivity contribution in [3.63, 3.8) is 0 Å². The number of hydrogen-bond acceptors (Lipinski definition) is 2. The molecule has 4 rings (SSSR count). The zero-order valence-electron chi connectivity index (χ0n) is 9.85. The van der Waals surface area contributed by atoms with Crippen LogP contribution in [-0.2, 0) is 0 Å². The van der Waals surface area contributed by atoms with Crippen LogP contribution in [0.1, 0.15) is 11.1 Å². The van der Waals surface area contributed by atoms with E-state index in [4.69, 9.17) is 9.47 Å². The maximum Gasteiger partial charge on any atom is 0.134 e. The molecule has 0 bridgehead atoms. The van der Waals surface area contributed by atoms with E-state index in [0.717, 1.165) is 28.0 Å². The highest BCUT2D eigenvalue weighted by Crippen LogP contribution is 2.38. The highest BCUT2D eigenvalue weighted by atomic mass is 16.5. The van der Waals surface area contributed by atoms with Crippen LogP contribution >= 0.6 is 0 Å². The molecule has 2 aliphatic rings. The van der Waals surface area contributed by atoms with Crippen molar-refractivity contribution in [2.75, 3.05) is 13.2 Å². The topological polar surface area (TPSA) is 18.5 Å². The third-order valence-electron chi connectivity index (χ3n) is 3.42. The van der Waals surface area contributed by atoms with Crippen LogP contribution in [0.5, 0.6) is 11.5 Å². The minimum Gasteiger partial charge on any atom is -0.489 e. The van der Waals surface area contributed by atoms with Gasteiger partial charge in [-0.3, -0.25) is 0 Å². The molecule has 2 aliphatic heterocycles. The Morgan fingerprint density at radius 2 is 1.61 bits per heavy atom. The lowest BCUT2D eigenvalue weighted by molar-refractivity contribution is 0.358. The lowest BCUT2D eigenvalue weighted by atomic mass is 9.98. The molecular formula is C16H12O2. The smallest absolute Gasteiger partial charge is 0.134 e. The van der Waals surface area contributed by atoms with Crippen LogP contribution in [0.15, 0.2) is 36.4 Å². The second kappa shape index (κ2) is 3.64. The maximum absolute atomic E-state index is 5.78. The van der Waals surface area contributed by atoms with Crippen LogP contribution in [0.3, 0.4) is 0 Å². The summed E-state index contributed by atoms with van der Waals surface area (Å²) in [6.45, 7) is 1.30. The van der Waals surface area contributed by atoms with Crippen LogP contribution < -0.4 is 9.47 Å². The summed E-state index contributed by atoms with van der Waals surface area (Å²) >= 11 is 0. The van der Waals surface area contributed by atoms with Gasteiger partial charge in [-0.05, 0) is 29.7 Å². The van der Waals surface area contributed by atoms with Gasteiger partial charge in [0.2, 0.25) is 0 Å². The molecule has 0 radical (unpaired) electrons. The first-order chi connectivity index (χ1) is 8.93. The van der Waals surface area contributed by atoms with E-state index in [1.54, 1.807) is 0 Å². The maximum atomic E-state index is 5.78. The van der Waals surface area contributed by atoms with Crippen LogP contribution in [0.4, 0.5) is 0 Å². The molecule has 88 valence electrons. The molecule has 0 saturated heterocycles. The molecule has 0 N–H and O–H groups in total. The normalized spacial score (nSPS) is 15.8. The standard InChI is InChI=1S/C16H12O2/c1-3-11-5-6-12-13-4-2-9-17-15(13)8-7-14(12)16(11)18-10-1/h1-8H,9-10H2. The summed E-state index contributed by atoms with van der Waals surface area (Å²) in [5.41, 5.74) is 2.30. The van der Waals surface area contributed by atoms with Gasteiger partial charge in [-0.1, -0.05) is 24.3 Å². The van der Waals surface area contributed by atoms with Crippen molar-refractivity contribution >= 4 is 22.9 Å². The minimum atomic E-state index is 0.648. The highest BCUT2D eigenvalue weighted by molar-refractivity contribution is 5.99. The van der Waals surface area contributed by atoms with E-state index in [-0.39, 0.29) is 0 Å². The van der Waals surface area contributed by atoms with Crippen LogP contribution in [-0.4, -0.2) is 13.2 Å². The van der Waals surface area contributed by atoms with Crippen molar-refractivity contribution in [3.05, 3.63) is 47.5 Å². The van der Waals surface area contributed by atoms with Gasteiger partial charge >= 0.3 is 0 Å². The molecule has 2 nitrogen and oxygen atoms in total. The van der Waals surface area contributed by atoms with Crippen molar-refractivity contribution in [2.24, 2.45) is 0 Å². The van der Waals surface area contributed by atoms with Gasteiger partial charge in [-0.15, -0.1) is 0 Å². The fourth-order valence-electron chi connectivity index (χ4n) is 2.60. The molecule has 2 heterocycles. The molecule has 0 saturated carbocycles. The summed E-state index contributed by atoms with van der Waals surface area (Å²) in [5.74, 6) is 1.94. The van der Waals surface area contributed by atoms with E-state index in [1.165, 1.54) is 5.39 Å². The van der Waals surface area contributed by atoms with Crippen LogP contribution in [0, 0.1) is 0 Å². The minimum absolute atomic E-state index is 0.648. The molecule has 0 amide bonds. The molecule has 2 aromatic rings. The molecule has 0 aliphatic carbocycles. The summed E-state index contributed by atoms with van der Waals surface area (Å²) in [4.78, 5) is 0. The average molecular weight is 236 g/mol. The van der Waals surface area contributed by atoms with Crippen LogP contribution in [0.2, 0.25) is 0 Å². The Kier molecular flexibility index (Phi) is 1.97. The fourth-order valence-corrected chi connectivity index (χ4v) is 2.60. The Morgan fingerprint density at radius 3 is 2.61 bits per heavy atom. The van der Waals surface area contributed by atoms with Crippen molar-refractivity contribution in [3.8, 4) is 11.5 Å². The van der Waals surface area contributed by atoms with Gasteiger partial charge in [-0.2, -0.15) is 0 Å². The second-order valence-electron chi connectivity index (χ2n) is 4.48. The van der Waals surface area contributed by atoms with E-state index >= 15 is 0 Å². The van der Waals surface area contributed by atoms with Crippen molar-refractivity contribution in [1.29, 1.82) is 0 Å². The van der Waals surface area contributed by atoms with Gasteiger partial charge in [-0.25, -0.2) is 0 Å². The van der Waals surface area contributed by atoms with Gasteiger partial charge in [0.15, 0.2) is 0 Å². The largest absolute Gasteiger partial charge is 0.489 e. The molecule has 0 atom stereocenters. The van der Waals surface area contributed by atoms with Gasteiger partial charge in [0.05, 0.1) is 0 Å². The zero-order chi connectivity index (χ0) is 11.9. The number of rotatable bonds is 0. The molecule has 0 fully saturated rings. The number of benzene rings is 2. The fraction of sp³-hybridized carbons (Fsp3) is 0.125. The van der Waals surface area contributed by atoms with Crippen molar-refractivity contribution < 1.29 is 9.47 Å². The first-order valence-electron chi connectivity index (χ1n) is 6.12. The third kappa shape index (κ3) is 1.29. The van der Waals surface area contributed by atoms with E-state index in [0.29, 0.717) is 13.2 Å². The van der Waals surface area contributed by atoms with Gasteiger partial charge in [0.1, 0.15) is 24.7 Å². The first-order valence-corrected chi connectivity index (χ1v) is 6.12. The predicted octanol–water partition coefficient (Wildman–Crippen LogP) is 3.65. The molecule has 0 unspecified atom stereocenters. The Bertz CT molecular complexity index is 696. The van der Waals surface area contributed by atoms with E-state index in [9.17, 15) is 0 Å². The highest BCUT2D eigenvalue weighted by Gasteiger charge is 2.15. The Labute approximate surface area is 105 Å². The average Bonchev–Trinajstić information content (AvgIpc) is 2.46. The Balaban J connectivity index is 2.09. The Hall–Kier alpha value is -2.22. The SMILES string of the molecule is C1=Cc2c(ccc3c4c(ccc23)C=CCO4)OC1. The summed E-state index contributed by atoms with van der Waals surface area (Å²) in [6.07, 6.45) is 8.33. The van der Waals surface area contributed by atoms with E-state index in [2.05, 4.69) is 30.4 Å². The van der Waals surface area contributed by atoms with Crippen molar-refractivity contribution in [1.82, 2.24) is 0 Å². The summed E-state index contributed by atoms with van der Waals surface area (Å²) in [5, 5.41) is 2.35. The summed E-state index contributed by atoms with van der Waals surface area (Å²) in [6, 6.07) is 8.37. The molecule has 0 aromatic heterocycles. The number of fused-ring (bicyclic) bond motifs is 5. The van der Waals surface area contributed by atoms with Crippen molar-refractivity contribution in [2.45, 2.75) is 0 Å². The monoisotopic (exact) mass is 236 g/mol. The lowest BCUT2D eigenvalue weighted by Crippen LogP contribution is -2.03. The molecule has 0 spiro atoms. The van der Waals surface area contributed by atoms with E-state index in [1.807, 2.05) is 18.2 Å². The van der Waals surface area contributed by atoms with Crippen LogP contribution in [0.25, 0.3) is 22.9 Å². The quantitative estimate of drug-likeness (QED) is 0.695. The van der Waals surface area contributed by atoms with Gasteiger partial charge in [0.25, 0.3) is 0 Å². The first kappa shape index (κ1) is 9.77. The summed E-state index contributed by atoms with van der Waals surface area (Å²) < 4.78 is 11.4. The number of hydrogen-bond donors (Lipinski definition) is 0. The predicted molar refractivity (Wildman–Crippen MR) is 73.0 cm³/mol. The zero-order valence-corrected chi connectivity index (χ0v) is 9.85. The Morgan fingerprint density at radius 1 is 0.778 bits per heavy atom. The number of ether oxygens (including phenoxy) is 2.